The lowest BCUT2D eigenvalue weighted by Gasteiger charge is -2.05. The van der Waals surface area contributed by atoms with Gasteiger partial charge < -0.3 is 4.74 Å². The summed E-state index contributed by atoms with van der Waals surface area (Å²) in [6.07, 6.45) is 2.52. The Morgan fingerprint density at radius 3 is 2.89 bits per heavy atom. The van der Waals surface area contributed by atoms with E-state index in [1.165, 1.54) is 6.26 Å². The average Bonchev–Trinajstić information content (AvgIpc) is 1.90. The van der Waals surface area contributed by atoms with Crippen molar-refractivity contribution < 1.29 is 9.66 Å². The zero-order valence-electron chi connectivity index (χ0n) is 4.87. The van der Waals surface area contributed by atoms with Crippen molar-refractivity contribution in [1.82, 2.24) is 0 Å². The third kappa shape index (κ3) is 1.42. The molecule has 0 aromatic heterocycles. The Morgan fingerprint density at radius 1 is 1.78 bits per heavy atom. The van der Waals surface area contributed by atoms with Gasteiger partial charge >= 0.3 is 0 Å². The van der Waals surface area contributed by atoms with Gasteiger partial charge in [-0.2, -0.15) is 0 Å². The van der Waals surface area contributed by atoms with Crippen molar-refractivity contribution in [3.05, 3.63) is 22.1 Å². The van der Waals surface area contributed by atoms with Crippen LogP contribution < -0.4 is 0 Å². The molecule has 0 saturated heterocycles. The van der Waals surface area contributed by atoms with Crippen LogP contribution in [-0.2, 0) is 4.74 Å². The largest absolute Gasteiger partial charge is 0.494 e. The lowest BCUT2D eigenvalue weighted by atomic mass is 10.2. The maximum absolute atomic E-state index is 10.0. The minimum atomic E-state index is -0.404. The first-order valence-electron chi connectivity index (χ1n) is 2.76. The highest BCUT2D eigenvalue weighted by molar-refractivity contribution is 4.88. The predicted octanol–water partition coefficient (Wildman–Crippen LogP) is 0.915. The molecule has 0 N–H and O–H groups in total. The molecule has 4 nitrogen and oxygen atoms in total. The lowest BCUT2D eigenvalue weighted by molar-refractivity contribution is -0.431. The topological polar surface area (TPSA) is 52.4 Å². The molecule has 0 atom stereocenters. The van der Waals surface area contributed by atoms with E-state index < -0.39 is 4.92 Å². The van der Waals surface area contributed by atoms with Gasteiger partial charge in [0, 0.05) is 6.42 Å². The molecule has 50 valence electrons. The fourth-order valence-electron chi connectivity index (χ4n) is 0.685. The highest BCUT2D eigenvalue weighted by atomic mass is 16.6. The van der Waals surface area contributed by atoms with Crippen LogP contribution in [0.1, 0.15) is 12.8 Å². The maximum atomic E-state index is 10.0. The minimum Gasteiger partial charge on any atom is -0.494 e. The van der Waals surface area contributed by atoms with Crippen LogP contribution >= 0.6 is 0 Å². The maximum Gasteiger partial charge on any atom is 0.280 e. The minimum absolute atomic E-state index is 0.182. The Kier molecular flexibility index (Phi) is 1.67. The monoisotopic (exact) mass is 129 g/mol. The van der Waals surface area contributed by atoms with Crippen LogP contribution in [0.3, 0.4) is 0 Å². The summed E-state index contributed by atoms with van der Waals surface area (Å²) in [5, 5.41) is 10.0. The van der Waals surface area contributed by atoms with Gasteiger partial charge in [0.05, 0.1) is 11.5 Å². The molecule has 0 unspecified atom stereocenters. The van der Waals surface area contributed by atoms with Crippen LogP contribution in [0, 0.1) is 10.1 Å². The first-order valence-corrected chi connectivity index (χ1v) is 2.76. The second-order valence-corrected chi connectivity index (χ2v) is 1.84. The Morgan fingerprint density at radius 2 is 2.56 bits per heavy atom. The van der Waals surface area contributed by atoms with E-state index in [9.17, 15) is 10.1 Å². The molecule has 1 aliphatic rings. The molecule has 0 aliphatic carbocycles. The fraction of sp³-hybridized carbons (Fsp3) is 0.600. The summed E-state index contributed by atoms with van der Waals surface area (Å²) in [5.74, 6) is 0. The highest BCUT2D eigenvalue weighted by Crippen LogP contribution is 2.10. The molecule has 1 rings (SSSR count). The van der Waals surface area contributed by atoms with Crippen molar-refractivity contribution in [3.63, 3.8) is 0 Å². The molecule has 0 aromatic carbocycles. The van der Waals surface area contributed by atoms with E-state index in [4.69, 9.17) is 4.74 Å². The number of allylic oxidation sites excluding steroid dienone is 1. The van der Waals surface area contributed by atoms with Crippen molar-refractivity contribution in [3.8, 4) is 0 Å². The van der Waals surface area contributed by atoms with Crippen LogP contribution in [-0.4, -0.2) is 11.5 Å². The smallest absolute Gasteiger partial charge is 0.280 e. The normalized spacial score (nSPS) is 18.0. The van der Waals surface area contributed by atoms with Crippen LogP contribution in [0.25, 0.3) is 0 Å². The molecule has 0 bridgehead atoms. The Balaban J connectivity index is 2.57. The van der Waals surface area contributed by atoms with Gasteiger partial charge in [-0.3, -0.25) is 10.1 Å². The number of nitrogens with zero attached hydrogens (tertiary/aromatic N) is 1. The molecular weight excluding hydrogens is 122 g/mol. The van der Waals surface area contributed by atoms with Gasteiger partial charge in [0.25, 0.3) is 5.70 Å². The van der Waals surface area contributed by atoms with Gasteiger partial charge in [-0.25, -0.2) is 0 Å². The quantitative estimate of drug-likeness (QED) is 0.390. The van der Waals surface area contributed by atoms with E-state index in [-0.39, 0.29) is 5.70 Å². The molecule has 0 radical (unpaired) electrons. The zero-order valence-corrected chi connectivity index (χ0v) is 4.87. The zero-order chi connectivity index (χ0) is 6.69. The summed E-state index contributed by atoms with van der Waals surface area (Å²) in [4.78, 5) is 9.61. The van der Waals surface area contributed by atoms with Gasteiger partial charge in [-0.1, -0.05) is 0 Å². The van der Waals surface area contributed by atoms with Crippen molar-refractivity contribution in [2.24, 2.45) is 0 Å². The first-order chi connectivity index (χ1) is 4.30. The summed E-state index contributed by atoms with van der Waals surface area (Å²) in [6.45, 7) is 0.608. The predicted molar refractivity (Wildman–Crippen MR) is 30.3 cm³/mol. The van der Waals surface area contributed by atoms with Gasteiger partial charge in [-0.05, 0) is 6.42 Å². The van der Waals surface area contributed by atoms with Crippen LogP contribution in [0.5, 0.6) is 0 Å². The van der Waals surface area contributed by atoms with Crippen molar-refractivity contribution in [1.29, 1.82) is 0 Å². The van der Waals surface area contributed by atoms with E-state index in [1.807, 2.05) is 0 Å². The average molecular weight is 129 g/mol. The number of hydrogen-bond acceptors (Lipinski definition) is 3. The molecule has 0 saturated carbocycles. The second-order valence-electron chi connectivity index (χ2n) is 1.84. The fourth-order valence-corrected chi connectivity index (χ4v) is 0.685. The molecule has 0 fully saturated rings. The third-order valence-corrected chi connectivity index (χ3v) is 1.15. The number of rotatable bonds is 1. The standard InChI is InChI=1S/C5H7NO3/c7-6(8)5-2-1-3-9-4-5/h4H,1-3H2. The summed E-state index contributed by atoms with van der Waals surface area (Å²) in [6, 6.07) is 0. The Labute approximate surface area is 52.3 Å². The molecule has 1 aliphatic heterocycles. The molecule has 9 heavy (non-hydrogen) atoms. The van der Waals surface area contributed by atoms with Crippen LogP contribution in [0.15, 0.2) is 12.0 Å². The highest BCUT2D eigenvalue weighted by Gasteiger charge is 2.13. The van der Waals surface area contributed by atoms with E-state index in [0.29, 0.717) is 13.0 Å². The van der Waals surface area contributed by atoms with Crippen LogP contribution in [0.4, 0.5) is 0 Å². The number of ether oxygens (including phenoxy) is 1. The summed E-state index contributed by atoms with van der Waals surface area (Å²) in [5.41, 5.74) is 0.182. The Bertz CT molecular complexity index is 152. The molecule has 1 heterocycles. The lowest BCUT2D eigenvalue weighted by Crippen LogP contribution is -2.06. The third-order valence-electron chi connectivity index (χ3n) is 1.15. The molecular formula is C5H7NO3. The number of nitro groups is 1. The molecule has 4 heteroatoms. The van der Waals surface area contributed by atoms with Crippen LogP contribution in [0.2, 0.25) is 0 Å². The summed E-state index contributed by atoms with van der Waals surface area (Å²) < 4.78 is 4.74. The van der Waals surface area contributed by atoms with Gasteiger partial charge in [0.1, 0.15) is 0 Å². The second kappa shape index (κ2) is 2.48. The summed E-state index contributed by atoms with van der Waals surface area (Å²) >= 11 is 0. The van der Waals surface area contributed by atoms with Crippen molar-refractivity contribution in [2.45, 2.75) is 12.8 Å². The van der Waals surface area contributed by atoms with E-state index >= 15 is 0 Å². The van der Waals surface area contributed by atoms with E-state index in [2.05, 4.69) is 0 Å². The van der Waals surface area contributed by atoms with Gasteiger partial charge in [0.15, 0.2) is 6.26 Å². The van der Waals surface area contributed by atoms with Crippen molar-refractivity contribution >= 4 is 0 Å². The van der Waals surface area contributed by atoms with E-state index in [1.54, 1.807) is 0 Å². The first kappa shape index (κ1) is 6.07. The van der Waals surface area contributed by atoms with Crippen molar-refractivity contribution in [2.75, 3.05) is 6.61 Å². The molecule has 0 aromatic rings. The molecule has 0 amide bonds. The molecule has 0 spiro atoms. The van der Waals surface area contributed by atoms with Gasteiger partial charge in [0.2, 0.25) is 0 Å². The Hall–Kier alpha value is -1.06. The SMILES string of the molecule is O=[N+]([O-])C1=COCCC1. The summed E-state index contributed by atoms with van der Waals surface area (Å²) in [7, 11) is 0. The van der Waals surface area contributed by atoms with E-state index in [0.717, 1.165) is 6.42 Å². The number of hydrogen-bond donors (Lipinski definition) is 0. The van der Waals surface area contributed by atoms with Gasteiger partial charge in [-0.15, -0.1) is 0 Å².